The molecule has 3 aliphatic carbocycles. The molecule has 1 aromatic carbocycles. The number of ether oxygens (including phenoxy) is 2. The number of benzene rings is 1. The van der Waals surface area contributed by atoms with E-state index < -0.39 is 6.29 Å². The van der Waals surface area contributed by atoms with Crippen LogP contribution in [0, 0.1) is 34.0 Å². The minimum atomic E-state index is -0.609. The van der Waals surface area contributed by atoms with Gasteiger partial charge in [0.05, 0.1) is 6.61 Å². The van der Waals surface area contributed by atoms with Gasteiger partial charge in [-0.25, -0.2) is 0 Å². The molecule has 1 saturated heterocycles. The van der Waals surface area contributed by atoms with E-state index in [1.54, 1.807) is 6.07 Å². The molecule has 6 rings (SSSR count). The van der Waals surface area contributed by atoms with Crippen molar-refractivity contribution in [1.29, 1.82) is 0 Å². The second-order valence-corrected chi connectivity index (χ2v) is 11.9. The first-order valence-corrected chi connectivity index (χ1v) is 12.0. The lowest BCUT2D eigenvalue weighted by molar-refractivity contribution is -0.327. The molecule has 0 radical (unpaired) electrons. The van der Waals surface area contributed by atoms with Gasteiger partial charge in [-0.1, -0.05) is 20.3 Å². The van der Waals surface area contributed by atoms with Crippen molar-refractivity contribution in [2.24, 2.45) is 34.0 Å². The zero-order valence-electron chi connectivity index (χ0n) is 18.6. The van der Waals surface area contributed by atoms with E-state index >= 15 is 0 Å². The van der Waals surface area contributed by atoms with Gasteiger partial charge in [0.25, 0.3) is 0 Å². The number of hydrogen-bond donors (Lipinski definition) is 2. The number of fused-ring (bicyclic) bond motifs is 4. The zero-order valence-corrected chi connectivity index (χ0v) is 18.6. The molecule has 2 aliphatic heterocycles. The van der Waals surface area contributed by atoms with Gasteiger partial charge in [-0.3, -0.25) is 0 Å². The monoisotopic (exact) mass is 412 g/mol. The van der Waals surface area contributed by atoms with Crippen LogP contribution in [0.2, 0.25) is 0 Å². The second-order valence-electron chi connectivity index (χ2n) is 11.9. The highest BCUT2D eigenvalue weighted by molar-refractivity contribution is 5.43. The molecule has 30 heavy (non-hydrogen) atoms. The summed E-state index contributed by atoms with van der Waals surface area (Å²) in [6.07, 6.45) is 8.54. The van der Waals surface area contributed by atoms with Crippen molar-refractivity contribution >= 4 is 0 Å². The highest BCUT2D eigenvalue weighted by Crippen LogP contribution is 2.72. The van der Waals surface area contributed by atoms with Crippen LogP contribution < -0.4 is 4.74 Å². The Balaban J connectivity index is 1.42. The fraction of sp³-hybridized carbons (Fsp3) is 0.769. The molecule has 3 saturated carbocycles. The Labute approximate surface area is 180 Å². The summed E-state index contributed by atoms with van der Waals surface area (Å²) < 4.78 is 12.8. The van der Waals surface area contributed by atoms with Gasteiger partial charge in [-0.15, -0.1) is 0 Å². The first kappa shape index (κ1) is 19.4. The number of phenolic OH excluding ortho intramolecular Hbond substituents is 1. The number of rotatable bonds is 0. The van der Waals surface area contributed by atoms with Crippen LogP contribution >= 0.6 is 0 Å². The van der Waals surface area contributed by atoms with Crippen LogP contribution in [0.4, 0.5) is 0 Å². The standard InChI is InChI=1S/C26H36O4/c1-23-11-7-20-24(2)9-4-10-26(20,15-29-22(24)28)19(23)8-12-25(3)21(23)14-16-13-17(27)5-6-18(16)30-25/h5-6,13,19-22,27-28H,4,7-12,14-15H2,1-3H3/t19-,20-,21-,22-,23+,24?,25-,26?/m0/s1. The van der Waals surface area contributed by atoms with E-state index in [1.165, 1.54) is 32.1 Å². The molecule has 8 atom stereocenters. The van der Waals surface area contributed by atoms with Crippen LogP contribution in [-0.2, 0) is 11.2 Å². The van der Waals surface area contributed by atoms with E-state index in [0.29, 0.717) is 23.5 Å². The summed E-state index contributed by atoms with van der Waals surface area (Å²) in [7, 11) is 0. The van der Waals surface area contributed by atoms with Crippen LogP contribution in [-0.4, -0.2) is 28.7 Å². The maximum absolute atomic E-state index is 10.8. The van der Waals surface area contributed by atoms with Gasteiger partial charge in [-0.2, -0.15) is 0 Å². The van der Waals surface area contributed by atoms with E-state index in [1.807, 2.05) is 12.1 Å². The zero-order chi connectivity index (χ0) is 20.9. The lowest BCUT2D eigenvalue weighted by atomic mass is 9.36. The van der Waals surface area contributed by atoms with Crippen molar-refractivity contribution in [3.8, 4) is 11.5 Å². The number of aliphatic hydroxyl groups is 1. The Hall–Kier alpha value is -1.26. The number of aliphatic hydroxyl groups excluding tert-OH is 1. The Bertz CT molecular complexity index is 884. The Morgan fingerprint density at radius 1 is 0.933 bits per heavy atom. The molecule has 4 heteroatoms. The van der Waals surface area contributed by atoms with Gasteiger partial charge in [0, 0.05) is 16.7 Å². The molecule has 4 fully saturated rings. The van der Waals surface area contributed by atoms with Crippen molar-refractivity contribution in [1.82, 2.24) is 0 Å². The molecule has 164 valence electrons. The molecule has 2 bridgehead atoms. The van der Waals surface area contributed by atoms with Crippen molar-refractivity contribution in [3.05, 3.63) is 23.8 Å². The van der Waals surface area contributed by atoms with Crippen LogP contribution in [0.25, 0.3) is 0 Å². The van der Waals surface area contributed by atoms with Crippen molar-refractivity contribution < 1.29 is 19.7 Å². The van der Waals surface area contributed by atoms with Gasteiger partial charge in [-0.05, 0) is 92.9 Å². The van der Waals surface area contributed by atoms with Crippen molar-refractivity contribution in [2.45, 2.75) is 84.0 Å². The second kappa shape index (κ2) is 5.95. The summed E-state index contributed by atoms with van der Waals surface area (Å²) in [5.41, 5.74) is 1.30. The fourth-order valence-electron chi connectivity index (χ4n) is 9.32. The third-order valence-corrected chi connectivity index (χ3v) is 10.7. The van der Waals surface area contributed by atoms with Crippen LogP contribution in [0.5, 0.6) is 11.5 Å². The molecule has 2 N–H and O–H groups in total. The van der Waals surface area contributed by atoms with Gasteiger partial charge in [0.2, 0.25) is 0 Å². The molecule has 5 aliphatic rings. The van der Waals surface area contributed by atoms with E-state index in [0.717, 1.165) is 37.2 Å². The third kappa shape index (κ3) is 2.25. The average molecular weight is 413 g/mol. The normalized spacial score (nSPS) is 51.6. The van der Waals surface area contributed by atoms with Gasteiger partial charge in [0.15, 0.2) is 6.29 Å². The molecule has 2 heterocycles. The predicted octanol–water partition coefficient (Wildman–Crippen LogP) is 5.05. The SMILES string of the molecule is CC12CCCC3(CO[C@@H]1O)[C@H]1CC[C@]4(C)Oc5ccc(O)cc5C[C@H]4[C@]1(C)CC[C@@H]23. The minimum absolute atomic E-state index is 0.0972. The van der Waals surface area contributed by atoms with Crippen molar-refractivity contribution in [2.75, 3.05) is 6.61 Å². The summed E-state index contributed by atoms with van der Waals surface area (Å²) >= 11 is 0. The first-order chi connectivity index (χ1) is 14.2. The maximum atomic E-state index is 10.8. The number of hydrogen-bond acceptors (Lipinski definition) is 4. The molecule has 4 nitrogen and oxygen atoms in total. The predicted molar refractivity (Wildman–Crippen MR) is 114 cm³/mol. The summed E-state index contributed by atoms with van der Waals surface area (Å²) in [6, 6.07) is 5.59. The summed E-state index contributed by atoms with van der Waals surface area (Å²) in [4.78, 5) is 0. The van der Waals surface area contributed by atoms with Crippen LogP contribution in [0.15, 0.2) is 18.2 Å². The summed E-state index contributed by atoms with van der Waals surface area (Å²) in [5.74, 6) is 2.89. The Morgan fingerprint density at radius 2 is 1.70 bits per heavy atom. The third-order valence-electron chi connectivity index (χ3n) is 10.7. The highest BCUT2D eigenvalue weighted by atomic mass is 16.6. The van der Waals surface area contributed by atoms with E-state index in [-0.39, 0.29) is 21.8 Å². The summed E-state index contributed by atoms with van der Waals surface area (Å²) in [6.45, 7) is 7.85. The molecule has 0 spiro atoms. The topological polar surface area (TPSA) is 58.9 Å². The van der Waals surface area contributed by atoms with Crippen molar-refractivity contribution in [3.63, 3.8) is 0 Å². The largest absolute Gasteiger partial charge is 0.508 e. The van der Waals surface area contributed by atoms with Gasteiger partial charge >= 0.3 is 0 Å². The number of phenols is 1. The lowest BCUT2D eigenvalue weighted by Gasteiger charge is -2.71. The quantitative estimate of drug-likeness (QED) is 0.626. The van der Waals surface area contributed by atoms with E-state index in [2.05, 4.69) is 20.8 Å². The van der Waals surface area contributed by atoms with Crippen LogP contribution in [0.3, 0.4) is 0 Å². The Morgan fingerprint density at radius 3 is 2.53 bits per heavy atom. The highest BCUT2D eigenvalue weighted by Gasteiger charge is 2.70. The van der Waals surface area contributed by atoms with E-state index in [4.69, 9.17) is 9.47 Å². The lowest BCUT2D eigenvalue weighted by Crippen LogP contribution is -2.69. The molecule has 1 aromatic rings. The maximum Gasteiger partial charge on any atom is 0.160 e. The first-order valence-electron chi connectivity index (χ1n) is 12.0. The van der Waals surface area contributed by atoms with E-state index in [9.17, 15) is 10.2 Å². The molecular weight excluding hydrogens is 376 g/mol. The van der Waals surface area contributed by atoms with Crippen LogP contribution in [0.1, 0.15) is 71.3 Å². The molecular formula is C26H36O4. The Kier molecular flexibility index (Phi) is 3.85. The smallest absolute Gasteiger partial charge is 0.160 e. The summed E-state index contributed by atoms with van der Waals surface area (Å²) in [5, 5.41) is 20.8. The molecule has 0 amide bonds. The van der Waals surface area contributed by atoms with Gasteiger partial charge < -0.3 is 19.7 Å². The average Bonchev–Trinajstić information content (AvgIpc) is 2.70. The fourth-order valence-corrected chi connectivity index (χ4v) is 9.32. The molecule has 2 unspecified atom stereocenters. The number of aromatic hydroxyl groups is 1. The van der Waals surface area contributed by atoms with Gasteiger partial charge in [0.1, 0.15) is 17.1 Å². The minimum Gasteiger partial charge on any atom is -0.508 e. The molecule has 0 aromatic heterocycles.